The number of phenols is 2. The van der Waals surface area contributed by atoms with Crippen LogP contribution >= 0.6 is 0 Å². The van der Waals surface area contributed by atoms with Crippen molar-refractivity contribution in [3.63, 3.8) is 0 Å². The van der Waals surface area contributed by atoms with Crippen molar-refractivity contribution in [1.82, 2.24) is 21.0 Å². The van der Waals surface area contributed by atoms with Gasteiger partial charge in [-0.3, -0.25) is 9.59 Å². The van der Waals surface area contributed by atoms with Gasteiger partial charge in [-0.25, -0.2) is 10.9 Å². The minimum atomic E-state index is -0.676. The van der Waals surface area contributed by atoms with E-state index in [-0.39, 0.29) is 34.4 Å². The van der Waals surface area contributed by atoms with Gasteiger partial charge >= 0.3 is 0 Å². The van der Waals surface area contributed by atoms with Gasteiger partial charge in [0, 0.05) is 11.1 Å². The first kappa shape index (κ1) is 23.7. The predicted molar refractivity (Wildman–Crippen MR) is 121 cm³/mol. The van der Waals surface area contributed by atoms with E-state index in [9.17, 15) is 19.8 Å². The van der Waals surface area contributed by atoms with Gasteiger partial charge in [0.05, 0.1) is 26.6 Å². The third-order valence-corrected chi connectivity index (χ3v) is 4.37. The normalized spacial score (nSPS) is 10.9. The first-order chi connectivity index (χ1) is 16.4. The van der Waals surface area contributed by atoms with Crippen LogP contribution in [0.2, 0.25) is 0 Å². The zero-order chi connectivity index (χ0) is 24.5. The number of hydrogen-bond donors (Lipinski definition) is 4. The van der Waals surface area contributed by atoms with Crippen molar-refractivity contribution in [3.8, 4) is 23.0 Å². The van der Waals surface area contributed by atoms with Gasteiger partial charge < -0.3 is 19.7 Å². The Bertz CT molecular complexity index is 1150. The first-order valence-electron chi connectivity index (χ1n) is 9.67. The minimum Gasteiger partial charge on any atom is -0.504 e. The molecule has 0 atom stereocenters. The quantitative estimate of drug-likeness (QED) is 0.287. The van der Waals surface area contributed by atoms with E-state index in [0.717, 1.165) is 0 Å². The number of nitrogens with zero attached hydrogens (tertiary/aromatic N) is 4. The highest BCUT2D eigenvalue weighted by atomic mass is 16.5. The van der Waals surface area contributed by atoms with Crippen molar-refractivity contribution < 1.29 is 29.3 Å². The molecule has 12 nitrogen and oxygen atoms in total. The number of carbonyl (C=O) groups is 2. The van der Waals surface area contributed by atoms with Crippen LogP contribution in [0.1, 0.15) is 32.1 Å². The van der Waals surface area contributed by atoms with E-state index in [1.807, 2.05) is 0 Å². The number of aromatic hydroxyl groups is 2. The molecule has 0 bridgehead atoms. The zero-order valence-corrected chi connectivity index (χ0v) is 18.1. The fraction of sp³-hybridized carbons (Fsp3) is 0.0909. The SMILES string of the molecule is COc1cccc(/C=N/NC(=O)c2ccc(C(=O)N/N=C/c3cccc(OC)c3O)nn2)c1O. The number of carbonyl (C=O) groups excluding carboxylic acids is 2. The number of ether oxygens (including phenoxy) is 2. The number of aromatic nitrogens is 2. The van der Waals surface area contributed by atoms with Crippen LogP contribution < -0.4 is 20.3 Å². The standard InChI is InChI=1S/C22H20N6O6/c1-33-17-7-3-5-13(19(17)29)11-23-27-21(31)15-9-10-16(26-25-15)22(32)28-24-12-14-6-4-8-18(34-2)20(14)30/h3-12,29-30H,1-2H3,(H,27,31)(H,28,32)/b23-11+,24-12+. The summed E-state index contributed by atoms with van der Waals surface area (Å²) in [4.78, 5) is 24.3. The van der Waals surface area contributed by atoms with E-state index in [0.29, 0.717) is 11.1 Å². The van der Waals surface area contributed by atoms with Crippen LogP contribution in [0.5, 0.6) is 23.0 Å². The Labute approximate surface area is 193 Å². The van der Waals surface area contributed by atoms with Crippen LogP contribution in [0.25, 0.3) is 0 Å². The highest BCUT2D eigenvalue weighted by Crippen LogP contribution is 2.28. The van der Waals surface area contributed by atoms with Crippen LogP contribution in [0.15, 0.2) is 58.7 Å². The van der Waals surface area contributed by atoms with Crippen LogP contribution in [0, 0.1) is 0 Å². The molecular weight excluding hydrogens is 444 g/mol. The lowest BCUT2D eigenvalue weighted by Gasteiger charge is -2.05. The lowest BCUT2D eigenvalue weighted by Crippen LogP contribution is -2.22. The molecule has 12 heteroatoms. The molecule has 2 aromatic carbocycles. The molecule has 34 heavy (non-hydrogen) atoms. The summed E-state index contributed by atoms with van der Waals surface area (Å²) in [6.45, 7) is 0. The Morgan fingerprint density at radius 3 is 1.53 bits per heavy atom. The van der Waals surface area contributed by atoms with E-state index in [2.05, 4.69) is 31.3 Å². The molecule has 3 aromatic rings. The van der Waals surface area contributed by atoms with Gasteiger partial charge in [-0.05, 0) is 36.4 Å². The molecule has 1 aromatic heterocycles. The van der Waals surface area contributed by atoms with Crippen LogP contribution in [0.4, 0.5) is 0 Å². The van der Waals surface area contributed by atoms with Crippen molar-refractivity contribution in [3.05, 3.63) is 71.0 Å². The maximum atomic E-state index is 12.2. The topological polar surface area (TPSA) is 168 Å². The fourth-order valence-corrected chi connectivity index (χ4v) is 2.63. The number of benzene rings is 2. The lowest BCUT2D eigenvalue weighted by atomic mass is 10.2. The van der Waals surface area contributed by atoms with Gasteiger partial charge in [-0.1, -0.05) is 12.1 Å². The Morgan fingerprint density at radius 2 is 1.18 bits per heavy atom. The minimum absolute atomic E-state index is 0.0895. The molecule has 0 unspecified atom stereocenters. The molecule has 0 aliphatic carbocycles. The third-order valence-electron chi connectivity index (χ3n) is 4.37. The van der Waals surface area contributed by atoms with Crippen molar-refractivity contribution in [2.24, 2.45) is 10.2 Å². The van der Waals surface area contributed by atoms with E-state index < -0.39 is 11.8 Å². The summed E-state index contributed by atoms with van der Waals surface area (Å²) in [5.41, 5.74) is 4.98. The second kappa shape index (κ2) is 11.0. The van der Waals surface area contributed by atoms with Crippen molar-refractivity contribution in [1.29, 1.82) is 0 Å². The summed E-state index contributed by atoms with van der Waals surface area (Å²) < 4.78 is 10.00. The summed E-state index contributed by atoms with van der Waals surface area (Å²) in [6.07, 6.45) is 2.48. The Morgan fingerprint density at radius 1 is 0.765 bits per heavy atom. The zero-order valence-electron chi connectivity index (χ0n) is 18.1. The Balaban J connectivity index is 1.58. The van der Waals surface area contributed by atoms with E-state index in [4.69, 9.17) is 9.47 Å². The fourth-order valence-electron chi connectivity index (χ4n) is 2.63. The van der Waals surface area contributed by atoms with Crippen molar-refractivity contribution >= 4 is 24.2 Å². The van der Waals surface area contributed by atoms with E-state index in [1.165, 1.54) is 38.8 Å². The van der Waals surface area contributed by atoms with Gasteiger partial charge in [0.2, 0.25) is 0 Å². The maximum absolute atomic E-state index is 12.2. The Kier molecular flexibility index (Phi) is 7.68. The number of hydrazone groups is 2. The molecule has 3 rings (SSSR count). The average Bonchev–Trinajstić information content (AvgIpc) is 2.86. The number of hydrogen-bond acceptors (Lipinski definition) is 10. The molecule has 4 N–H and O–H groups in total. The predicted octanol–water partition coefficient (Wildman–Crippen LogP) is 1.43. The highest BCUT2D eigenvalue weighted by Gasteiger charge is 2.12. The number of para-hydroxylation sites is 2. The molecule has 0 saturated carbocycles. The van der Waals surface area contributed by atoms with Crippen molar-refractivity contribution in [2.75, 3.05) is 14.2 Å². The summed E-state index contributed by atoms with van der Waals surface area (Å²) in [5, 5.41) is 34.9. The summed E-state index contributed by atoms with van der Waals surface area (Å²) in [7, 11) is 2.83. The molecule has 2 amide bonds. The molecule has 1 heterocycles. The third kappa shape index (κ3) is 5.62. The van der Waals surface area contributed by atoms with Crippen LogP contribution in [0.3, 0.4) is 0 Å². The average molecular weight is 464 g/mol. The van der Waals surface area contributed by atoms with Crippen molar-refractivity contribution in [2.45, 2.75) is 0 Å². The first-order valence-corrected chi connectivity index (χ1v) is 9.67. The lowest BCUT2D eigenvalue weighted by molar-refractivity contribution is 0.0933. The molecule has 0 aliphatic rings. The smallest absolute Gasteiger partial charge is 0.291 e. The van der Waals surface area contributed by atoms with E-state index in [1.54, 1.807) is 36.4 Å². The summed E-state index contributed by atoms with van der Waals surface area (Å²) >= 11 is 0. The second-order valence-electron chi connectivity index (χ2n) is 6.50. The molecule has 0 saturated heterocycles. The summed E-state index contributed by atoms with van der Waals surface area (Å²) in [5.74, 6) is -1.07. The largest absolute Gasteiger partial charge is 0.504 e. The van der Waals surface area contributed by atoms with Crippen LogP contribution in [-0.2, 0) is 0 Å². The number of amides is 2. The maximum Gasteiger partial charge on any atom is 0.291 e. The molecular formula is C22H20N6O6. The van der Waals surface area contributed by atoms with Gasteiger partial charge in [-0.2, -0.15) is 10.2 Å². The number of nitrogens with one attached hydrogen (secondary N) is 2. The van der Waals surface area contributed by atoms with Gasteiger partial charge in [0.1, 0.15) is 0 Å². The number of methoxy groups -OCH3 is 2. The Hall–Kier alpha value is -5.00. The molecule has 0 fully saturated rings. The molecule has 0 aliphatic heterocycles. The van der Waals surface area contributed by atoms with Gasteiger partial charge in [0.15, 0.2) is 34.4 Å². The molecule has 174 valence electrons. The monoisotopic (exact) mass is 464 g/mol. The second-order valence-corrected chi connectivity index (χ2v) is 6.50. The van der Waals surface area contributed by atoms with Gasteiger partial charge in [0.25, 0.3) is 11.8 Å². The molecule has 0 radical (unpaired) electrons. The number of rotatable bonds is 8. The van der Waals surface area contributed by atoms with Crippen LogP contribution in [-0.4, -0.2) is 58.9 Å². The van der Waals surface area contributed by atoms with E-state index >= 15 is 0 Å². The summed E-state index contributed by atoms with van der Waals surface area (Å²) in [6, 6.07) is 12.2. The number of phenolic OH excluding ortho intramolecular Hbond substituents is 2. The highest BCUT2D eigenvalue weighted by molar-refractivity contribution is 5.96. The molecule has 0 spiro atoms. The van der Waals surface area contributed by atoms with Gasteiger partial charge in [-0.15, -0.1) is 10.2 Å².